The van der Waals surface area contributed by atoms with Gasteiger partial charge in [-0.15, -0.1) is 5.10 Å². The average Bonchev–Trinajstić information content (AvgIpc) is 3.27. The first-order valence-corrected chi connectivity index (χ1v) is 8.82. The summed E-state index contributed by atoms with van der Waals surface area (Å²) >= 11 is 1.63. The van der Waals surface area contributed by atoms with E-state index < -0.39 is 0 Å². The van der Waals surface area contributed by atoms with Gasteiger partial charge in [-0.1, -0.05) is 11.3 Å². The molecule has 24 heavy (non-hydrogen) atoms. The standard InChI is InChI=1S/C17H20N4O2S/c1-11-10-21-16(18-11)24-17(19-21)20-8-4-5-14(20)13-9-12(22-2)6-7-15(13)23-3/h6-7,9-10,14H,4-5,8H2,1-3H3. The molecule has 1 unspecified atom stereocenters. The lowest BCUT2D eigenvalue weighted by atomic mass is 10.0. The number of aromatic nitrogens is 3. The highest BCUT2D eigenvalue weighted by atomic mass is 32.1. The predicted molar refractivity (Wildman–Crippen MR) is 94.5 cm³/mol. The molecule has 0 amide bonds. The van der Waals surface area contributed by atoms with Crippen LogP contribution in [0.15, 0.2) is 24.4 Å². The van der Waals surface area contributed by atoms with Crippen molar-refractivity contribution in [2.24, 2.45) is 0 Å². The Morgan fingerprint density at radius 1 is 1.25 bits per heavy atom. The fourth-order valence-electron chi connectivity index (χ4n) is 3.33. The van der Waals surface area contributed by atoms with E-state index in [1.54, 1.807) is 25.6 Å². The van der Waals surface area contributed by atoms with Gasteiger partial charge < -0.3 is 14.4 Å². The van der Waals surface area contributed by atoms with E-state index in [1.807, 2.05) is 29.8 Å². The number of benzene rings is 1. The van der Waals surface area contributed by atoms with Crippen LogP contribution in [0.4, 0.5) is 5.13 Å². The Morgan fingerprint density at radius 2 is 2.12 bits per heavy atom. The topological polar surface area (TPSA) is 51.9 Å². The first-order valence-electron chi connectivity index (χ1n) is 8.01. The molecule has 1 aliphatic rings. The molecule has 1 atom stereocenters. The van der Waals surface area contributed by atoms with Crippen molar-refractivity contribution in [1.82, 2.24) is 14.6 Å². The predicted octanol–water partition coefficient (Wildman–Crippen LogP) is 3.46. The van der Waals surface area contributed by atoms with Crippen LogP contribution in [-0.2, 0) is 0 Å². The third kappa shape index (κ3) is 2.49. The summed E-state index contributed by atoms with van der Waals surface area (Å²) in [4.78, 5) is 7.80. The number of hydrogen-bond donors (Lipinski definition) is 0. The van der Waals surface area contributed by atoms with Crippen LogP contribution in [0.5, 0.6) is 11.5 Å². The van der Waals surface area contributed by atoms with E-state index >= 15 is 0 Å². The van der Waals surface area contributed by atoms with Gasteiger partial charge in [-0.25, -0.2) is 9.50 Å². The summed E-state index contributed by atoms with van der Waals surface area (Å²) in [7, 11) is 3.40. The third-order valence-corrected chi connectivity index (χ3v) is 5.41. The molecular weight excluding hydrogens is 324 g/mol. The van der Waals surface area contributed by atoms with Crippen LogP contribution in [-0.4, -0.2) is 35.4 Å². The van der Waals surface area contributed by atoms with Crippen molar-refractivity contribution in [2.45, 2.75) is 25.8 Å². The van der Waals surface area contributed by atoms with Gasteiger partial charge in [-0.05, 0) is 38.0 Å². The van der Waals surface area contributed by atoms with E-state index in [1.165, 1.54) is 0 Å². The molecule has 0 radical (unpaired) electrons. The van der Waals surface area contributed by atoms with E-state index in [2.05, 4.69) is 16.0 Å². The molecule has 0 N–H and O–H groups in total. The van der Waals surface area contributed by atoms with Gasteiger partial charge >= 0.3 is 0 Å². The van der Waals surface area contributed by atoms with Crippen molar-refractivity contribution in [2.75, 3.05) is 25.7 Å². The number of ether oxygens (including phenoxy) is 2. The molecule has 6 nitrogen and oxygen atoms in total. The Labute approximate surface area is 144 Å². The molecule has 2 aromatic heterocycles. The molecule has 3 aromatic rings. The Morgan fingerprint density at radius 3 is 2.88 bits per heavy atom. The maximum absolute atomic E-state index is 5.58. The first-order chi connectivity index (χ1) is 11.7. The van der Waals surface area contributed by atoms with E-state index in [4.69, 9.17) is 14.6 Å². The number of anilines is 1. The van der Waals surface area contributed by atoms with Crippen molar-refractivity contribution in [3.8, 4) is 11.5 Å². The van der Waals surface area contributed by atoms with Crippen molar-refractivity contribution in [1.29, 1.82) is 0 Å². The summed E-state index contributed by atoms with van der Waals surface area (Å²) in [5, 5.41) is 5.72. The molecule has 0 saturated carbocycles. The van der Waals surface area contributed by atoms with E-state index in [0.29, 0.717) is 0 Å². The smallest absolute Gasteiger partial charge is 0.214 e. The molecule has 3 heterocycles. The van der Waals surface area contributed by atoms with Crippen LogP contribution in [0.2, 0.25) is 0 Å². The first kappa shape index (κ1) is 15.3. The zero-order valence-corrected chi connectivity index (χ0v) is 14.8. The molecule has 0 spiro atoms. The summed E-state index contributed by atoms with van der Waals surface area (Å²) in [5.41, 5.74) is 2.14. The molecule has 4 rings (SSSR count). The highest BCUT2D eigenvalue weighted by Gasteiger charge is 2.31. The summed E-state index contributed by atoms with van der Waals surface area (Å²) in [6.45, 7) is 2.97. The lowest BCUT2D eigenvalue weighted by Crippen LogP contribution is -2.23. The van der Waals surface area contributed by atoms with Crippen LogP contribution in [0.3, 0.4) is 0 Å². The Kier molecular flexibility index (Phi) is 3.80. The second-order valence-electron chi connectivity index (χ2n) is 5.95. The minimum absolute atomic E-state index is 0.243. The maximum atomic E-state index is 5.58. The normalized spacial score (nSPS) is 17.6. The lowest BCUT2D eigenvalue weighted by Gasteiger charge is -2.25. The van der Waals surface area contributed by atoms with Gasteiger partial charge in [-0.2, -0.15) is 0 Å². The Hall–Kier alpha value is -2.28. The molecule has 0 aliphatic carbocycles. The van der Waals surface area contributed by atoms with E-state index in [0.717, 1.165) is 52.2 Å². The minimum Gasteiger partial charge on any atom is -0.497 e. The molecule has 1 saturated heterocycles. The molecule has 126 valence electrons. The molecule has 1 fully saturated rings. The summed E-state index contributed by atoms with van der Waals surface area (Å²) in [6, 6.07) is 6.22. The Balaban J connectivity index is 1.73. The van der Waals surface area contributed by atoms with Crippen molar-refractivity contribution in [3.63, 3.8) is 0 Å². The van der Waals surface area contributed by atoms with Crippen LogP contribution >= 0.6 is 11.3 Å². The van der Waals surface area contributed by atoms with Crippen molar-refractivity contribution < 1.29 is 9.47 Å². The van der Waals surface area contributed by atoms with E-state index in [9.17, 15) is 0 Å². The quantitative estimate of drug-likeness (QED) is 0.725. The zero-order chi connectivity index (χ0) is 16.7. The largest absolute Gasteiger partial charge is 0.497 e. The maximum Gasteiger partial charge on any atom is 0.214 e. The number of hydrogen-bond acceptors (Lipinski definition) is 6. The lowest BCUT2D eigenvalue weighted by molar-refractivity contribution is 0.395. The van der Waals surface area contributed by atoms with Crippen molar-refractivity contribution in [3.05, 3.63) is 35.7 Å². The molecule has 0 bridgehead atoms. The zero-order valence-electron chi connectivity index (χ0n) is 14.0. The summed E-state index contributed by atoms with van der Waals surface area (Å²) in [5.74, 6) is 1.74. The van der Waals surface area contributed by atoms with Crippen LogP contribution < -0.4 is 14.4 Å². The summed E-state index contributed by atoms with van der Waals surface area (Å²) < 4.78 is 12.9. The minimum atomic E-state index is 0.243. The highest BCUT2D eigenvalue weighted by molar-refractivity contribution is 7.20. The molecule has 7 heteroatoms. The van der Waals surface area contributed by atoms with Crippen LogP contribution in [0.1, 0.15) is 30.1 Å². The number of rotatable bonds is 4. The number of imidazole rings is 1. The number of methoxy groups -OCH3 is 2. The average molecular weight is 344 g/mol. The molecule has 1 aliphatic heterocycles. The monoisotopic (exact) mass is 344 g/mol. The van der Waals surface area contributed by atoms with Gasteiger partial charge in [0, 0.05) is 12.1 Å². The van der Waals surface area contributed by atoms with E-state index in [-0.39, 0.29) is 6.04 Å². The number of fused-ring (bicyclic) bond motifs is 1. The van der Waals surface area contributed by atoms with Crippen LogP contribution in [0.25, 0.3) is 4.96 Å². The number of aryl methyl sites for hydroxylation is 1. The second-order valence-corrected chi connectivity index (χ2v) is 6.89. The third-order valence-electron chi connectivity index (χ3n) is 4.45. The van der Waals surface area contributed by atoms with Gasteiger partial charge in [0.2, 0.25) is 10.1 Å². The Bertz CT molecular complexity index is 841. The fourth-order valence-corrected chi connectivity index (χ4v) is 4.34. The second kappa shape index (κ2) is 5.98. The van der Waals surface area contributed by atoms with Gasteiger partial charge in [0.25, 0.3) is 0 Å². The van der Waals surface area contributed by atoms with Gasteiger partial charge in [-0.3, -0.25) is 0 Å². The molecule has 1 aromatic carbocycles. The SMILES string of the molecule is COc1ccc(OC)c(C2CCCN2c2nn3cc(C)nc3s2)c1. The van der Waals surface area contributed by atoms with Gasteiger partial charge in [0.05, 0.1) is 32.2 Å². The summed E-state index contributed by atoms with van der Waals surface area (Å²) in [6.07, 6.45) is 4.17. The van der Waals surface area contributed by atoms with Crippen molar-refractivity contribution >= 4 is 21.4 Å². The van der Waals surface area contributed by atoms with Gasteiger partial charge in [0.1, 0.15) is 11.5 Å². The van der Waals surface area contributed by atoms with Gasteiger partial charge in [0.15, 0.2) is 0 Å². The molecular formula is C17H20N4O2S. The fraction of sp³-hybridized carbons (Fsp3) is 0.412. The number of nitrogens with zero attached hydrogens (tertiary/aromatic N) is 4. The van der Waals surface area contributed by atoms with Crippen LogP contribution in [0, 0.1) is 6.92 Å². The highest BCUT2D eigenvalue weighted by Crippen LogP contribution is 2.42.